The summed E-state index contributed by atoms with van der Waals surface area (Å²) in [5, 5.41) is 14.5. The lowest BCUT2D eigenvalue weighted by molar-refractivity contribution is 0.573. The smallest absolute Gasteiger partial charge is 0.263 e. The molecule has 0 aliphatic carbocycles. The zero-order valence-corrected chi connectivity index (χ0v) is 11.7. The summed E-state index contributed by atoms with van der Waals surface area (Å²) in [4.78, 5) is 1.11. The summed E-state index contributed by atoms with van der Waals surface area (Å²) in [5.74, 6) is 1.44. The number of aromatic nitrogens is 4. The number of anilines is 1. The fraction of sp³-hybridized carbons (Fsp3) is 0. The quantitative estimate of drug-likeness (QED) is 0.741. The number of nitrogens with two attached hydrogens (primary N) is 1. The van der Waals surface area contributed by atoms with Crippen LogP contribution in [0.3, 0.4) is 0 Å². The summed E-state index contributed by atoms with van der Waals surface area (Å²) in [5.41, 5.74) is 6.47. The van der Waals surface area contributed by atoms with E-state index in [9.17, 15) is 0 Å². The third kappa shape index (κ3) is 2.59. The Morgan fingerprint density at radius 3 is 2.95 bits per heavy atom. The Labute approximate surface area is 122 Å². The molecule has 0 amide bonds. The van der Waals surface area contributed by atoms with Crippen molar-refractivity contribution >= 4 is 28.1 Å². The maximum Gasteiger partial charge on any atom is 0.263 e. The Kier molecular flexibility index (Phi) is 3.30. The largest absolute Gasteiger partial charge is 0.455 e. The first-order chi connectivity index (χ1) is 9.72. The van der Waals surface area contributed by atoms with E-state index >= 15 is 0 Å². The summed E-state index contributed by atoms with van der Waals surface area (Å²) in [7, 11) is 0. The molecule has 3 rings (SSSR count). The van der Waals surface area contributed by atoms with Crippen LogP contribution >= 0.6 is 15.9 Å². The van der Waals surface area contributed by atoms with Gasteiger partial charge in [-0.1, -0.05) is 38.0 Å². The lowest BCUT2D eigenvalue weighted by Crippen LogP contribution is -1.99. The monoisotopic (exact) mass is 332 g/mol. The Hall–Kier alpha value is -2.48. The van der Waals surface area contributed by atoms with Gasteiger partial charge in [-0.25, -0.2) is 0 Å². The second-order valence-electron chi connectivity index (χ2n) is 3.88. The van der Waals surface area contributed by atoms with Gasteiger partial charge in [0.15, 0.2) is 0 Å². The highest BCUT2D eigenvalue weighted by Crippen LogP contribution is 2.24. The number of tetrazole rings is 1. The van der Waals surface area contributed by atoms with Crippen molar-refractivity contribution in [2.45, 2.75) is 0 Å². The third-order valence-corrected chi connectivity index (χ3v) is 3.00. The molecule has 0 radical (unpaired) electrons. The Morgan fingerprint density at radius 1 is 1.30 bits per heavy atom. The van der Waals surface area contributed by atoms with Crippen molar-refractivity contribution in [2.75, 3.05) is 5.73 Å². The SMILES string of the molecule is Nc1nnnn1/N=C/c1ccc(-c2cccc(Br)c2)o1. The van der Waals surface area contributed by atoms with Crippen LogP contribution in [0, 0.1) is 0 Å². The molecule has 0 atom stereocenters. The van der Waals surface area contributed by atoms with Gasteiger partial charge in [-0.3, -0.25) is 0 Å². The van der Waals surface area contributed by atoms with Gasteiger partial charge in [0.05, 0.1) is 6.21 Å². The predicted molar refractivity (Wildman–Crippen MR) is 77.1 cm³/mol. The average Bonchev–Trinajstić information content (AvgIpc) is 3.05. The van der Waals surface area contributed by atoms with E-state index in [1.54, 1.807) is 6.07 Å². The number of benzene rings is 1. The van der Waals surface area contributed by atoms with Crippen molar-refractivity contribution in [3.63, 3.8) is 0 Å². The standard InChI is InChI=1S/C12H9BrN6O/c13-9-3-1-2-8(6-9)11-5-4-10(20-11)7-15-19-12(14)16-17-18-19/h1-7H,(H2,14,16,18)/b15-7+. The van der Waals surface area contributed by atoms with Crippen molar-refractivity contribution in [3.05, 3.63) is 46.6 Å². The van der Waals surface area contributed by atoms with E-state index in [4.69, 9.17) is 10.2 Å². The van der Waals surface area contributed by atoms with Crippen LogP contribution in [0.5, 0.6) is 0 Å². The van der Waals surface area contributed by atoms with Gasteiger partial charge in [0.1, 0.15) is 11.5 Å². The molecule has 2 aromatic heterocycles. The highest BCUT2D eigenvalue weighted by Gasteiger charge is 2.04. The molecule has 100 valence electrons. The number of furan rings is 1. The Bertz CT molecular complexity index is 763. The second-order valence-corrected chi connectivity index (χ2v) is 4.80. The van der Waals surface area contributed by atoms with Crippen LogP contribution in [0.25, 0.3) is 11.3 Å². The minimum atomic E-state index is 0.111. The molecule has 0 spiro atoms. The third-order valence-electron chi connectivity index (χ3n) is 2.51. The zero-order chi connectivity index (χ0) is 13.9. The van der Waals surface area contributed by atoms with E-state index in [1.807, 2.05) is 30.3 Å². The second kappa shape index (κ2) is 5.25. The highest BCUT2D eigenvalue weighted by molar-refractivity contribution is 9.10. The summed E-state index contributed by atoms with van der Waals surface area (Å²) < 4.78 is 6.66. The van der Waals surface area contributed by atoms with Crippen LogP contribution in [-0.2, 0) is 0 Å². The van der Waals surface area contributed by atoms with Crippen LogP contribution in [0.1, 0.15) is 5.76 Å². The lowest BCUT2D eigenvalue weighted by atomic mass is 10.2. The summed E-state index contributed by atoms with van der Waals surface area (Å²) in [6.45, 7) is 0. The first-order valence-electron chi connectivity index (χ1n) is 5.66. The maximum atomic E-state index is 5.67. The molecular weight excluding hydrogens is 324 g/mol. The number of hydrogen-bond donors (Lipinski definition) is 1. The average molecular weight is 333 g/mol. The zero-order valence-electron chi connectivity index (χ0n) is 10.1. The van der Waals surface area contributed by atoms with Gasteiger partial charge in [-0.05, 0) is 34.7 Å². The van der Waals surface area contributed by atoms with E-state index in [0.29, 0.717) is 5.76 Å². The van der Waals surface area contributed by atoms with E-state index < -0.39 is 0 Å². The van der Waals surface area contributed by atoms with Gasteiger partial charge in [-0.2, -0.15) is 5.10 Å². The molecule has 2 heterocycles. The summed E-state index contributed by atoms with van der Waals surface area (Å²) >= 11 is 3.42. The van der Waals surface area contributed by atoms with Crippen molar-refractivity contribution < 1.29 is 4.42 Å². The van der Waals surface area contributed by atoms with Crippen molar-refractivity contribution in [3.8, 4) is 11.3 Å². The van der Waals surface area contributed by atoms with Crippen LogP contribution < -0.4 is 5.73 Å². The van der Waals surface area contributed by atoms with Crippen LogP contribution in [0.4, 0.5) is 5.95 Å². The number of halogens is 1. The number of hydrogen-bond acceptors (Lipinski definition) is 6. The normalized spacial score (nSPS) is 11.2. The molecule has 2 N–H and O–H groups in total. The molecule has 0 aliphatic heterocycles. The van der Waals surface area contributed by atoms with Crippen molar-refractivity contribution in [1.82, 2.24) is 20.3 Å². The molecule has 0 bridgehead atoms. The first kappa shape index (κ1) is 12.5. The van der Waals surface area contributed by atoms with E-state index in [0.717, 1.165) is 20.6 Å². The Morgan fingerprint density at radius 2 is 2.20 bits per heavy atom. The van der Waals surface area contributed by atoms with Crippen LogP contribution in [-0.4, -0.2) is 26.5 Å². The molecule has 0 saturated heterocycles. The molecule has 1 aromatic carbocycles. The number of nitrogens with zero attached hydrogens (tertiary/aromatic N) is 5. The van der Waals surface area contributed by atoms with Gasteiger partial charge in [-0.15, -0.1) is 0 Å². The predicted octanol–water partition coefficient (Wildman–Crippen LogP) is 2.16. The van der Waals surface area contributed by atoms with E-state index in [2.05, 4.69) is 36.6 Å². The fourth-order valence-electron chi connectivity index (χ4n) is 1.60. The molecule has 0 fully saturated rings. The number of nitrogen functional groups attached to an aromatic ring is 1. The topological polar surface area (TPSA) is 95.1 Å². The molecular formula is C12H9BrN6O. The van der Waals surface area contributed by atoms with E-state index in [1.165, 1.54) is 6.21 Å². The van der Waals surface area contributed by atoms with Gasteiger partial charge >= 0.3 is 0 Å². The van der Waals surface area contributed by atoms with Gasteiger partial charge in [0, 0.05) is 10.0 Å². The summed E-state index contributed by atoms with van der Waals surface area (Å²) in [6, 6.07) is 11.5. The van der Waals surface area contributed by atoms with Gasteiger partial charge in [0.25, 0.3) is 5.95 Å². The minimum Gasteiger partial charge on any atom is -0.455 e. The fourth-order valence-corrected chi connectivity index (χ4v) is 2.00. The molecule has 8 heteroatoms. The molecule has 0 saturated carbocycles. The molecule has 0 unspecified atom stereocenters. The lowest BCUT2D eigenvalue weighted by Gasteiger charge is -1.97. The van der Waals surface area contributed by atoms with Gasteiger partial charge < -0.3 is 10.2 Å². The first-order valence-corrected chi connectivity index (χ1v) is 6.46. The highest BCUT2D eigenvalue weighted by atomic mass is 79.9. The van der Waals surface area contributed by atoms with Crippen LogP contribution in [0.2, 0.25) is 0 Å². The summed E-state index contributed by atoms with van der Waals surface area (Å²) in [6.07, 6.45) is 1.49. The molecule has 20 heavy (non-hydrogen) atoms. The molecule has 3 aromatic rings. The molecule has 0 aliphatic rings. The number of rotatable bonds is 3. The van der Waals surface area contributed by atoms with Crippen LogP contribution in [0.15, 0.2) is 50.4 Å². The van der Waals surface area contributed by atoms with Gasteiger partial charge in [0.2, 0.25) is 0 Å². The van der Waals surface area contributed by atoms with Crippen molar-refractivity contribution in [2.24, 2.45) is 5.10 Å². The minimum absolute atomic E-state index is 0.111. The van der Waals surface area contributed by atoms with Crippen molar-refractivity contribution in [1.29, 1.82) is 0 Å². The van der Waals surface area contributed by atoms with E-state index in [-0.39, 0.29) is 5.95 Å². The Balaban J connectivity index is 1.84. The molecule has 7 nitrogen and oxygen atoms in total. The maximum absolute atomic E-state index is 5.67.